The minimum atomic E-state index is -0.447. The smallest absolute Gasteiger partial charge is 0.342 e. The van der Waals surface area contributed by atoms with Gasteiger partial charge >= 0.3 is 11.9 Å². The Kier molecular flexibility index (Phi) is 2.37. The van der Waals surface area contributed by atoms with E-state index in [-0.39, 0.29) is 5.41 Å². The van der Waals surface area contributed by atoms with Crippen molar-refractivity contribution < 1.29 is 14.3 Å². The third kappa shape index (κ3) is 1.58. The highest BCUT2D eigenvalue weighted by Crippen LogP contribution is 2.44. The van der Waals surface area contributed by atoms with Crippen LogP contribution in [-0.4, -0.2) is 11.9 Å². The number of esters is 2. The summed E-state index contributed by atoms with van der Waals surface area (Å²) in [7, 11) is 0. The van der Waals surface area contributed by atoms with Crippen molar-refractivity contribution in [3.63, 3.8) is 0 Å². The Labute approximate surface area is 105 Å². The number of ether oxygens (including phenoxy) is 1. The Bertz CT molecular complexity index is 556. The van der Waals surface area contributed by atoms with E-state index in [0.717, 1.165) is 6.42 Å². The van der Waals surface area contributed by atoms with E-state index in [0.29, 0.717) is 24.0 Å². The fourth-order valence-electron chi connectivity index (χ4n) is 2.85. The van der Waals surface area contributed by atoms with E-state index in [1.807, 2.05) is 18.2 Å². The molecule has 92 valence electrons. The molecule has 0 amide bonds. The van der Waals surface area contributed by atoms with Gasteiger partial charge in [0.1, 0.15) is 0 Å². The summed E-state index contributed by atoms with van der Waals surface area (Å²) in [6, 6.07) is 10.1. The predicted molar refractivity (Wildman–Crippen MR) is 65.8 cm³/mol. The van der Waals surface area contributed by atoms with Crippen LogP contribution in [0.2, 0.25) is 0 Å². The average molecular weight is 242 g/mol. The van der Waals surface area contributed by atoms with Crippen LogP contribution in [0.15, 0.2) is 41.5 Å². The first-order valence-corrected chi connectivity index (χ1v) is 6.14. The van der Waals surface area contributed by atoms with Gasteiger partial charge in [-0.1, -0.05) is 37.3 Å². The Hall–Kier alpha value is -1.90. The third-order valence-electron chi connectivity index (χ3n) is 4.01. The van der Waals surface area contributed by atoms with E-state index in [2.05, 4.69) is 23.8 Å². The largest absolute Gasteiger partial charge is 0.386 e. The highest BCUT2D eigenvalue weighted by Gasteiger charge is 2.42. The monoisotopic (exact) mass is 242 g/mol. The van der Waals surface area contributed by atoms with Crippen LogP contribution in [-0.2, 0) is 19.7 Å². The minimum absolute atomic E-state index is 0.0796. The second-order valence-corrected chi connectivity index (χ2v) is 5.24. The summed E-state index contributed by atoms with van der Waals surface area (Å²) in [5, 5.41) is 0. The highest BCUT2D eigenvalue weighted by atomic mass is 16.6. The Morgan fingerprint density at radius 1 is 1.06 bits per heavy atom. The van der Waals surface area contributed by atoms with Crippen LogP contribution in [0.1, 0.15) is 31.7 Å². The van der Waals surface area contributed by atoms with Gasteiger partial charge in [-0.05, 0) is 30.2 Å². The second-order valence-electron chi connectivity index (χ2n) is 5.24. The van der Waals surface area contributed by atoms with E-state index in [9.17, 15) is 9.59 Å². The molecule has 1 heterocycles. The summed E-state index contributed by atoms with van der Waals surface area (Å²) < 4.78 is 4.69. The van der Waals surface area contributed by atoms with E-state index >= 15 is 0 Å². The van der Waals surface area contributed by atoms with E-state index in [1.54, 1.807) is 0 Å². The van der Waals surface area contributed by atoms with Crippen molar-refractivity contribution in [2.75, 3.05) is 0 Å². The summed E-state index contributed by atoms with van der Waals surface area (Å²) >= 11 is 0. The number of carbonyl (C=O) groups excluding carboxylic acids is 2. The van der Waals surface area contributed by atoms with Crippen molar-refractivity contribution in [1.29, 1.82) is 0 Å². The number of cyclic esters (lactones) is 2. The minimum Gasteiger partial charge on any atom is -0.386 e. The van der Waals surface area contributed by atoms with E-state index in [4.69, 9.17) is 0 Å². The standard InChI is InChI=1S/C15H14O3/c1-15(10-5-3-2-4-6-10)8-7-11-12(9-15)14(17)18-13(11)16/h2-6H,7-9H2,1H3. The van der Waals surface area contributed by atoms with Gasteiger partial charge in [0.25, 0.3) is 0 Å². The molecule has 1 aromatic carbocycles. The lowest BCUT2D eigenvalue weighted by molar-refractivity contribution is -0.151. The molecule has 0 radical (unpaired) electrons. The Morgan fingerprint density at radius 2 is 1.72 bits per heavy atom. The van der Waals surface area contributed by atoms with Gasteiger partial charge in [-0.3, -0.25) is 0 Å². The number of hydrogen-bond acceptors (Lipinski definition) is 3. The molecule has 1 aliphatic carbocycles. The first-order chi connectivity index (χ1) is 8.60. The van der Waals surface area contributed by atoms with Crippen LogP contribution in [0.5, 0.6) is 0 Å². The molecule has 18 heavy (non-hydrogen) atoms. The van der Waals surface area contributed by atoms with Gasteiger partial charge in [0.05, 0.1) is 0 Å². The maximum absolute atomic E-state index is 11.6. The van der Waals surface area contributed by atoms with Gasteiger partial charge in [-0.2, -0.15) is 0 Å². The number of carbonyl (C=O) groups is 2. The first-order valence-electron chi connectivity index (χ1n) is 6.14. The topological polar surface area (TPSA) is 43.4 Å². The molecule has 3 nitrogen and oxygen atoms in total. The van der Waals surface area contributed by atoms with Gasteiger partial charge in [0.2, 0.25) is 0 Å². The molecule has 3 rings (SSSR count). The van der Waals surface area contributed by atoms with Crippen molar-refractivity contribution in [2.24, 2.45) is 0 Å². The van der Waals surface area contributed by atoms with Gasteiger partial charge in [-0.15, -0.1) is 0 Å². The molecule has 0 aromatic heterocycles. The van der Waals surface area contributed by atoms with Crippen LogP contribution in [0.3, 0.4) is 0 Å². The third-order valence-corrected chi connectivity index (χ3v) is 4.01. The summed E-state index contributed by atoms with van der Waals surface area (Å²) in [4.78, 5) is 23.1. The molecule has 1 aromatic rings. The summed E-state index contributed by atoms with van der Waals surface area (Å²) in [5.41, 5.74) is 2.30. The van der Waals surface area contributed by atoms with E-state index in [1.165, 1.54) is 5.56 Å². The molecule has 0 spiro atoms. The van der Waals surface area contributed by atoms with Crippen LogP contribution in [0.25, 0.3) is 0 Å². The fourth-order valence-corrected chi connectivity index (χ4v) is 2.85. The lowest BCUT2D eigenvalue weighted by Gasteiger charge is -2.33. The Morgan fingerprint density at radius 3 is 2.44 bits per heavy atom. The van der Waals surface area contributed by atoms with Crippen LogP contribution < -0.4 is 0 Å². The van der Waals surface area contributed by atoms with Crippen LogP contribution >= 0.6 is 0 Å². The van der Waals surface area contributed by atoms with Gasteiger partial charge in [0.15, 0.2) is 0 Å². The Balaban J connectivity index is 1.98. The fraction of sp³-hybridized carbons (Fsp3) is 0.333. The molecule has 1 atom stereocenters. The van der Waals surface area contributed by atoms with Crippen LogP contribution in [0.4, 0.5) is 0 Å². The highest BCUT2D eigenvalue weighted by molar-refractivity contribution is 6.12. The van der Waals surface area contributed by atoms with Gasteiger partial charge in [0, 0.05) is 11.1 Å². The molecular weight excluding hydrogens is 228 g/mol. The first kappa shape index (κ1) is 11.2. The molecule has 3 heteroatoms. The van der Waals surface area contributed by atoms with Crippen molar-refractivity contribution in [1.82, 2.24) is 0 Å². The zero-order chi connectivity index (χ0) is 12.8. The summed E-state index contributed by atoms with van der Waals surface area (Å²) in [6.45, 7) is 2.14. The lowest BCUT2D eigenvalue weighted by atomic mass is 9.69. The number of rotatable bonds is 1. The molecule has 0 N–H and O–H groups in total. The van der Waals surface area contributed by atoms with Crippen molar-refractivity contribution in [3.8, 4) is 0 Å². The van der Waals surface area contributed by atoms with Crippen molar-refractivity contribution >= 4 is 11.9 Å². The SMILES string of the molecule is CC1(c2ccccc2)CCC2=C(C1)C(=O)OC2=O. The van der Waals surface area contributed by atoms with Crippen molar-refractivity contribution in [2.45, 2.75) is 31.6 Å². The molecule has 0 saturated carbocycles. The van der Waals surface area contributed by atoms with Crippen molar-refractivity contribution in [3.05, 3.63) is 47.0 Å². The average Bonchev–Trinajstić information content (AvgIpc) is 2.65. The number of benzene rings is 1. The molecular formula is C15H14O3. The predicted octanol–water partition coefficient (Wildman–Crippen LogP) is 2.51. The van der Waals surface area contributed by atoms with E-state index < -0.39 is 11.9 Å². The van der Waals surface area contributed by atoms with Crippen LogP contribution in [0, 0.1) is 0 Å². The molecule has 1 unspecified atom stereocenters. The zero-order valence-electron chi connectivity index (χ0n) is 10.2. The van der Waals surface area contributed by atoms with Gasteiger partial charge in [-0.25, -0.2) is 9.59 Å². The molecule has 2 aliphatic rings. The summed E-state index contributed by atoms with van der Waals surface area (Å²) in [5.74, 6) is -0.887. The molecule has 0 bridgehead atoms. The quantitative estimate of drug-likeness (QED) is 0.561. The maximum Gasteiger partial charge on any atom is 0.342 e. The number of hydrogen-bond donors (Lipinski definition) is 0. The normalized spacial score (nSPS) is 27.2. The molecule has 0 saturated heterocycles. The molecule has 0 fully saturated rings. The molecule has 1 aliphatic heterocycles. The summed E-state index contributed by atoms with van der Waals surface area (Å²) in [6.07, 6.45) is 2.10. The maximum atomic E-state index is 11.6. The van der Waals surface area contributed by atoms with Gasteiger partial charge < -0.3 is 4.74 Å². The second kappa shape index (κ2) is 3.80. The lowest BCUT2D eigenvalue weighted by Crippen LogP contribution is -2.27. The zero-order valence-corrected chi connectivity index (χ0v) is 10.2.